The van der Waals surface area contributed by atoms with Gasteiger partial charge < -0.3 is 10.6 Å². The van der Waals surface area contributed by atoms with Crippen LogP contribution in [0.3, 0.4) is 0 Å². The Kier molecular flexibility index (Phi) is 7.13. The highest BCUT2D eigenvalue weighted by molar-refractivity contribution is 7.91. The van der Waals surface area contributed by atoms with Gasteiger partial charge in [0.05, 0.1) is 17.1 Å². The van der Waals surface area contributed by atoms with E-state index in [1.807, 2.05) is 13.8 Å². The summed E-state index contributed by atoms with van der Waals surface area (Å²) in [6.45, 7) is 4.84. The maximum absolute atomic E-state index is 12.8. The number of aliphatic imine (C=N–C) groups is 1. The summed E-state index contributed by atoms with van der Waals surface area (Å²) in [5.41, 5.74) is -0.0207. The van der Waals surface area contributed by atoms with E-state index in [4.69, 9.17) is 0 Å². The smallest absolute Gasteiger partial charge is 0.357 e. The van der Waals surface area contributed by atoms with E-state index in [2.05, 4.69) is 15.6 Å². The van der Waals surface area contributed by atoms with E-state index in [1.165, 1.54) is 12.1 Å². The van der Waals surface area contributed by atoms with Crippen molar-refractivity contribution in [1.29, 1.82) is 0 Å². The standard InChI is InChI=1S/C18H26F3N3O2S/c1-3-22-17(24-16-8-10-27(25,26)12-16)23-9-7-13(2)14-5-4-6-15(11-14)18(19,20)21/h4-6,11,13,16H,3,7-10,12H2,1-2H3,(H2,22,23,24). The average Bonchev–Trinajstić information content (AvgIpc) is 2.93. The van der Waals surface area contributed by atoms with Gasteiger partial charge in [-0.1, -0.05) is 25.1 Å². The summed E-state index contributed by atoms with van der Waals surface area (Å²) in [5, 5.41) is 6.20. The first kappa shape index (κ1) is 21.5. The molecule has 1 saturated heterocycles. The monoisotopic (exact) mass is 405 g/mol. The molecule has 27 heavy (non-hydrogen) atoms. The third kappa shape index (κ3) is 6.71. The highest BCUT2D eigenvalue weighted by atomic mass is 32.2. The Balaban J connectivity index is 1.94. The molecule has 1 aromatic carbocycles. The summed E-state index contributed by atoms with van der Waals surface area (Å²) in [6, 6.07) is 5.20. The van der Waals surface area contributed by atoms with Gasteiger partial charge in [0.2, 0.25) is 0 Å². The molecule has 1 aromatic rings. The van der Waals surface area contributed by atoms with Crippen molar-refractivity contribution >= 4 is 15.8 Å². The van der Waals surface area contributed by atoms with Gasteiger partial charge in [0.15, 0.2) is 15.8 Å². The van der Waals surface area contributed by atoms with E-state index in [9.17, 15) is 21.6 Å². The van der Waals surface area contributed by atoms with Crippen molar-refractivity contribution in [2.75, 3.05) is 24.6 Å². The van der Waals surface area contributed by atoms with Crippen LogP contribution in [0.15, 0.2) is 29.3 Å². The first-order chi connectivity index (χ1) is 12.6. The van der Waals surface area contributed by atoms with E-state index in [0.29, 0.717) is 37.5 Å². The SMILES string of the molecule is CCNC(=NCCC(C)c1cccc(C(F)(F)F)c1)NC1CCS(=O)(=O)C1. The zero-order valence-electron chi connectivity index (χ0n) is 15.5. The topological polar surface area (TPSA) is 70.6 Å². The first-order valence-corrected chi connectivity index (χ1v) is 10.9. The molecule has 2 rings (SSSR count). The Hall–Kier alpha value is -1.77. The minimum atomic E-state index is -4.35. The minimum absolute atomic E-state index is 0.0780. The number of hydrogen-bond acceptors (Lipinski definition) is 3. The van der Waals surface area contributed by atoms with Gasteiger partial charge in [-0.05, 0) is 37.3 Å². The molecule has 1 fully saturated rings. The van der Waals surface area contributed by atoms with E-state index < -0.39 is 21.6 Å². The summed E-state index contributed by atoms with van der Waals surface area (Å²) >= 11 is 0. The van der Waals surface area contributed by atoms with Crippen LogP contribution in [0.5, 0.6) is 0 Å². The minimum Gasteiger partial charge on any atom is -0.357 e. The molecule has 0 aromatic heterocycles. The molecule has 5 nitrogen and oxygen atoms in total. The summed E-state index contributed by atoms with van der Waals surface area (Å²) in [4.78, 5) is 4.44. The van der Waals surface area contributed by atoms with Crippen molar-refractivity contribution < 1.29 is 21.6 Å². The fourth-order valence-corrected chi connectivity index (χ4v) is 4.65. The molecule has 2 atom stereocenters. The van der Waals surface area contributed by atoms with Gasteiger partial charge in [-0.25, -0.2) is 8.42 Å². The van der Waals surface area contributed by atoms with Gasteiger partial charge in [-0.2, -0.15) is 13.2 Å². The predicted octanol–water partition coefficient (Wildman–Crippen LogP) is 2.94. The van der Waals surface area contributed by atoms with Crippen LogP contribution in [-0.2, 0) is 16.0 Å². The third-order valence-electron chi connectivity index (χ3n) is 4.53. The number of nitrogens with zero attached hydrogens (tertiary/aromatic N) is 1. The second-order valence-electron chi connectivity index (χ2n) is 6.82. The Morgan fingerprint density at radius 1 is 1.37 bits per heavy atom. The lowest BCUT2D eigenvalue weighted by Gasteiger charge is -2.17. The highest BCUT2D eigenvalue weighted by Crippen LogP contribution is 2.31. The highest BCUT2D eigenvalue weighted by Gasteiger charge is 2.31. The quantitative estimate of drug-likeness (QED) is 0.564. The van der Waals surface area contributed by atoms with Gasteiger partial charge in [-0.3, -0.25) is 4.99 Å². The Morgan fingerprint density at radius 3 is 2.70 bits per heavy atom. The Labute approximate surface area is 158 Å². The summed E-state index contributed by atoms with van der Waals surface area (Å²) in [5.74, 6) is 0.732. The van der Waals surface area contributed by atoms with E-state index in [0.717, 1.165) is 6.07 Å². The molecule has 0 bridgehead atoms. The van der Waals surface area contributed by atoms with Crippen molar-refractivity contribution in [3.8, 4) is 0 Å². The lowest BCUT2D eigenvalue weighted by molar-refractivity contribution is -0.137. The van der Waals surface area contributed by atoms with Crippen LogP contribution in [0, 0.1) is 0 Å². The maximum atomic E-state index is 12.8. The molecule has 2 N–H and O–H groups in total. The number of alkyl halides is 3. The number of rotatable bonds is 6. The van der Waals surface area contributed by atoms with E-state index >= 15 is 0 Å². The predicted molar refractivity (Wildman–Crippen MR) is 101 cm³/mol. The number of hydrogen-bond donors (Lipinski definition) is 2. The molecule has 2 unspecified atom stereocenters. The number of benzene rings is 1. The van der Waals surface area contributed by atoms with Crippen LogP contribution < -0.4 is 10.6 Å². The molecule has 0 amide bonds. The largest absolute Gasteiger partial charge is 0.416 e. The lowest BCUT2D eigenvalue weighted by atomic mass is 9.96. The second-order valence-corrected chi connectivity index (χ2v) is 9.05. The van der Waals surface area contributed by atoms with Crippen molar-refractivity contribution in [2.45, 2.75) is 44.8 Å². The number of guanidine groups is 1. The van der Waals surface area contributed by atoms with Crippen LogP contribution in [0.25, 0.3) is 0 Å². The van der Waals surface area contributed by atoms with Crippen LogP contribution in [-0.4, -0.2) is 45.0 Å². The fourth-order valence-electron chi connectivity index (χ4n) is 2.98. The lowest BCUT2D eigenvalue weighted by Crippen LogP contribution is -2.44. The number of sulfone groups is 1. The van der Waals surface area contributed by atoms with Gasteiger partial charge >= 0.3 is 6.18 Å². The van der Waals surface area contributed by atoms with Crippen molar-refractivity contribution in [3.05, 3.63) is 35.4 Å². The summed E-state index contributed by atoms with van der Waals surface area (Å²) < 4.78 is 61.6. The molecule has 0 saturated carbocycles. The van der Waals surface area contributed by atoms with Crippen LogP contribution in [0.1, 0.15) is 43.7 Å². The molecular formula is C18H26F3N3O2S. The summed E-state index contributed by atoms with van der Waals surface area (Å²) in [7, 11) is -2.98. The molecule has 1 heterocycles. The normalized spacial score (nSPS) is 21.1. The van der Waals surface area contributed by atoms with Gasteiger partial charge in [0.25, 0.3) is 0 Å². The molecule has 0 spiro atoms. The second kappa shape index (κ2) is 8.95. The molecule has 1 aliphatic rings. The number of nitrogens with one attached hydrogen (secondary N) is 2. The van der Waals surface area contributed by atoms with Gasteiger partial charge in [0.1, 0.15) is 0 Å². The van der Waals surface area contributed by atoms with E-state index in [1.54, 1.807) is 6.07 Å². The fraction of sp³-hybridized carbons (Fsp3) is 0.611. The molecule has 1 aliphatic heterocycles. The van der Waals surface area contributed by atoms with Crippen LogP contribution >= 0.6 is 0 Å². The van der Waals surface area contributed by atoms with E-state index in [-0.39, 0.29) is 23.5 Å². The van der Waals surface area contributed by atoms with Crippen LogP contribution in [0.2, 0.25) is 0 Å². The molecular weight excluding hydrogens is 379 g/mol. The van der Waals surface area contributed by atoms with Crippen molar-refractivity contribution in [2.24, 2.45) is 4.99 Å². The molecule has 0 aliphatic carbocycles. The van der Waals surface area contributed by atoms with Crippen molar-refractivity contribution in [1.82, 2.24) is 10.6 Å². The Bertz CT molecular complexity index is 763. The molecule has 9 heteroatoms. The zero-order chi connectivity index (χ0) is 20.1. The summed E-state index contributed by atoms with van der Waals surface area (Å²) in [6.07, 6.45) is -3.22. The van der Waals surface area contributed by atoms with Crippen molar-refractivity contribution in [3.63, 3.8) is 0 Å². The van der Waals surface area contributed by atoms with Crippen LogP contribution in [0.4, 0.5) is 13.2 Å². The van der Waals surface area contributed by atoms with Gasteiger partial charge in [-0.15, -0.1) is 0 Å². The molecule has 0 radical (unpaired) electrons. The Morgan fingerprint density at radius 2 is 2.11 bits per heavy atom. The average molecular weight is 405 g/mol. The molecule has 152 valence electrons. The number of halogens is 3. The maximum Gasteiger partial charge on any atom is 0.416 e. The zero-order valence-corrected chi connectivity index (χ0v) is 16.3. The first-order valence-electron chi connectivity index (χ1n) is 9.03. The van der Waals surface area contributed by atoms with Gasteiger partial charge in [0, 0.05) is 19.1 Å². The third-order valence-corrected chi connectivity index (χ3v) is 6.30.